The van der Waals surface area contributed by atoms with Gasteiger partial charge in [0.1, 0.15) is 5.82 Å². The molecule has 0 radical (unpaired) electrons. The maximum atomic E-state index is 12.9. The fraction of sp³-hybridized carbons (Fsp3) is 0.429. The highest BCUT2D eigenvalue weighted by Gasteiger charge is 2.23. The topological polar surface area (TPSA) is 78.4 Å². The van der Waals surface area contributed by atoms with Crippen molar-refractivity contribution < 1.29 is 19.1 Å². The van der Waals surface area contributed by atoms with E-state index in [2.05, 4.69) is 10.6 Å². The molecule has 0 saturated carbocycles. The monoisotopic (exact) mass is 282 g/mol. The minimum absolute atomic E-state index is 0.0289. The van der Waals surface area contributed by atoms with Crippen LogP contribution in [-0.4, -0.2) is 29.6 Å². The van der Waals surface area contributed by atoms with Gasteiger partial charge in [-0.05, 0) is 23.6 Å². The van der Waals surface area contributed by atoms with Gasteiger partial charge in [-0.3, -0.25) is 9.59 Å². The zero-order chi connectivity index (χ0) is 15.3. The predicted molar refractivity (Wildman–Crippen MR) is 73.5 cm³/mol. The van der Waals surface area contributed by atoms with Crippen molar-refractivity contribution in [2.45, 2.75) is 26.9 Å². The number of carbonyl (C=O) groups excluding carboxylic acids is 2. The lowest BCUT2D eigenvalue weighted by molar-refractivity contribution is -0.136. The van der Waals surface area contributed by atoms with E-state index in [1.807, 2.05) is 20.8 Å². The van der Waals surface area contributed by atoms with E-state index in [-0.39, 0.29) is 12.2 Å². The number of aliphatic hydroxyl groups excluding tert-OH is 1. The van der Waals surface area contributed by atoms with E-state index >= 15 is 0 Å². The van der Waals surface area contributed by atoms with Crippen molar-refractivity contribution in [3.63, 3.8) is 0 Å². The second-order valence-electron chi connectivity index (χ2n) is 5.56. The fourth-order valence-corrected chi connectivity index (χ4v) is 1.33. The molecule has 1 rings (SSSR count). The molecule has 0 aliphatic heterocycles. The third-order valence-electron chi connectivity index (χ3n) is 2.74. The first-order chi connectivity index (χ1) is 9.20. The van der Waals surface area contributed by atoms with Crippen LogP contribution < -0.4 is 10.6 Å². The highest BCUT2D eigenvalue weighted by molar-refractivity contribution is 6.39. The van der Waals surface area contributed by atoms with Crippen LogP contribution >= 0.6 is 0 Å². The fourth-order valence-electron chi connectivity index (χ4n) is 1.33. The molecule has 20 heavy (non-hydrogen) atoms. The summed E-state index contributed by atoms with van der Waals surface area (Å²) < 4.78 is 12.9. The standard InChI is InChI=1S/C14H19FN2O3/c1-14(2,3)11(18)8-16-12(19)13(20)17-10-6-4-5-9(15)7-10/h4-7,11,18H,8H2,1-3H3,(H,16,19)(H,17,20)/t11-/m0/s1. The van der Waals surface area contributed by atoms with E-state index in [0.717, 1.165) is 6.07 Å². The normalized spacial score (nSPS) is 12.7. The summed E-state index contributed by atoms with van der Waals surface area (Å²) in [6, 6.07) is 5.23. The minimum atomic E-state index is -0.906. The summed E-state index contributed by atoms with van der Waals surface area (Å²) in [4.78, 5) is 23.1. The van der Waals surface area contributed by atoms with E-state index in [9.17, 15) is 19.1 Å². The van der Waals surface area contributed by atoms with Gasteiger partial charge in [-0.1, -0.05) is 26.8 Å². The summed E-state index contributed by atoms with van der Waals surface area (Å²) in [6.07, 6.45) is -0.770. The molecule has 0 bridgehead atoms. The van der Waals surface area contributed by atoms with Gasteiger partial charge in [-0.2, -0.15) is 0 Å². The molecule has 1 atom stereocenters. The summed E-state index contributed by atoms with van der Waals surface area (Å²) in [5.41, 5.74) is -0.201. The number of halogens is 1. The molecule has 0 aliphatic rings. The molecule has 3 N–H and O–H groups in total. The molecule has 0 saturated heterocycles. The molecule has 6 heteroatoms. The first-order valence-corrected chi connectivity index (χ1v) is 6.23. The highest BCUT2D eigenvalue weighted by Crippen LogP contribution is 2.18. The number of anilines is 1. The quantitative estimate of drug-likeness (QED) is 0.731. The molecule has 1 aromatic rings. The average Bonchev–Trinajstić information content (AvgIpc) is 2.34. The van der Waals surface area contributed by atoms with Crippen LogP contribution in [0.5, 0.6) is 0 Å². The van der Waals surface area contributed by atoms with Crippen LogP contribution in [0.1, 0.15) is 20.8 Å². The Hall–Kier alpha value is -1.95. The first kappa shape index (κ1) is 16.1. The molecule has 0 spiro atoms. The third-order valence-corrected chi connectivity index (χ3v) is 2.74. The molecular weight excluding hydrogens is 263 g/mol. The number of carbonyl (C=O) groups is 2. The highest BCUT2D eigenvalue weighted by atomic mass is 19.1. The van der Waals surface area contributed by atoms with Gasteiger partial charge in [-0.25, -0.2) is 4.39 Å². The number of hydrogen-bond acceptors (Lipinski definition) is 3. The van der Waals surface area contributed by atoms with Gasteiger partial charge in [0.15, 0.2) is 0 Å². The number of amides is 2. The summed E-state index contributed by atoms with van der Waals surface area (Å²) in [6.45, 7) is 5.42. The molecule has 0 unspecified atom stereocenters. The minimum Gasteiger partial charge on any atom is -0.391 e. The van der Waals surface area contributed by atoms with Crippen LogP contribution in [-0.2, 0) is 9.59 Å². The van der Waals surface area contributed by atoms with Gasteiger partial charge in [0.2, 0.25) is 0 Å². The van der Waals surface area contributed by atoms with Crippen LogP contribution in [0.2, 0.25) is 0 Å². The second kappa shape index (κ2) is 6.47. The van der Waals surface area contributed by atoms with E-state index < -0.39 is 29.2 Å². The van der Waals surface area contributed by atoms with Crippen LogP contribution in [0.3, 0.4) is 0 Å². The second-order valence-corrected chi connectivity index (χ2v) is 5.56. The molecule has 110 valence electrons. The average molecular weight is 282 g/mol. The number of nitrogens with one attached hydrogen (secondary N) is 2. The molecule has 0 heterocycles. The first-order valence-electron chi connectivity index (χ1n) is 6.23. The number of benzene rings is 1. The van der Waals surface area contributed by atoms with Gasteiger partial charge in [0, 0.05) is 12.2 Å². The molecule has 0 fully saturated rings. The van der Waals surface area contributed by atoms with Gasteiger partial charge in [0.25, 0.3) is 0 Å². The SMILES string of the molecule is CC(C)(C)[C@@H](O)CNC(=O)C(=O)Nc1cccc(F)c1. The van der Waals surface area contributed by atoms with Crippen molar-refractivity contribution in [2.24, 2.45) is 5.41 Å². The lowest BCUT2D eigenvalue weighted by atomic mass is 9.89. The maximum Gasteiger partial charge on any atom is 0.313 e. The Labute approximate surface area is 117 Å². The van der Waals surface area contributed by atoms with Crippen molar-refractivity contribution in [2.75, 3.05) is 11.9 Å². The zero-order valence-corrected chi connectivity index (χ0v) is 11.7. The Morgan fingerprint density at radius 1 is 1.30 bits per heavy atom. The molecule has 2 amide bonds. The Bertz CT molecular complexity index is 497. The molecule has 0 aromatic heterocycles. The lowest BCUT2D eigenvalue weighted by Gasteiger charge is -2.25. The summed E-state index contributed by atoms with van der Waals surface area (Å²) in [5.74, 6) is -2.29. The third kappa shape index (κ3) is 4.97. The van der Waals surface area contributed by atoms with Gasteiger partial charge in [-0.15, -0.1) is 0 Å². The Morgan fingerprint density at radius 3 is 2.50 bits per heavy atom. The number of rotatable bonds is 3. The Kier molecular flexibility index (Phi) is 5.21. The van der Waals surface area contributed by atoms with Crippen LogP contribution in [0.4, 0.5) is 10.1 Å². The Balaban J connectivity index is 2.50. The zero-order valence-electron chi connectivity index (χ0n) is 11.7. The van der Waals surface area contributed by atoms with E-state index in [1.165, 1.54) is 18.2 Å². The molecule has 5 nitrogen and oxygen atoms in total. The van der Waals surface area contributed by atoms with Crippen molar-refractivity contribution in [1.29, 1.82) is 0 Å². The largest absolute Gasteiger partial charge is 0.391 e. The summed E-state index contributed by atoms with van der Waals surface area (Å²) >= 11 is 0. The van der Waals surface area contributed by atoms with E-state index in [1.54, 1.807) is 0 Å². The van der Waals surface area contributed by atoms with E-state index in [0.29, 0.717) is 0 Å². The van der Waals surface area contributed by atoms with Crippen molar-refractivity contribution in [1.82, 2.24) is 5.32 Å². The summed E-state index contributed by atoms with van der Waals surface area (Å²) in [5, 5.41) is 14.3. The van der Waals surface area contributed by atoms with Gasteiger partial charge in [0.05, 0.1) is 6.10 Å². The van der Waals surface area contributed by atoms with Crippen molar-refractivity contribution in [3.05, 3.63) is 30.1 Å². The smallest absolute Gasteiger partial charge is 0.313 e. The molecule has 1 aromatic carbocycles. The summed E-state index contributed by atoms with van der Waals surface area (Å²) in [7, 11) is 0. The lowest BCUT2D eigenvalue weighted by Crippen LogP contribution is -2.43. The van der Waals surface area contributed by atoms with Gasteiger partial charge >= 0.3 is 11.8 Å². The number of aliphatic hydroxyl groups is 1. The van der Waals surface area contributed by atoms with Crippen molar-refractivity contribution >= 4 is 17.5 Å². The Morgan fingerprint density at radius 2 is 1.95 bits per heavy atom. The van der Waals surface area contributed by atoms with Crippen LogP contribution in [0.15, 0.2) is 24.3 Å². The predicted octanol–water partition coefficient (Wildman–Crippen LogP) is 1.29. The van der Waals surface area contributed by atoms with Crippen LogP contribution in [0.25, 0.3) is 0 Å². The maximum absolute atomic E-state index is 12.9. The molecule has 0 aliphatic carbocycles. The van der Waals surface area contributed by atoms with Gasteiger partial charge < -0.3 is 15.7 Å². The number of hydrogen-bond donors (Lipinski definition) is 3. The van der Waals surface area contributed by atoms with Crippen molar-refractivity contribution in [3.8, 4) is 0 Å². The molecular formula is C14H19FN2O3. The van der Waals surface area contributed by atoms with Crippen LogP contribution in [0, 0.1) is 11.2 Å². The van der Waals surface area contributed by atoms with E-state index in [4.69, 9.17) is 0 Å².